The summed E-state index contributed by atoms with van der Waals surface area (Å²) in [7, 11) is 0.921. The minimum atomic E-state index is -3.95. The lowest BCUT2D eigenvalue weighted by Crippen LogP contribution is -2.47. The summed E-state index contributed by atoms with van der Waals surface area (Å²) in [5, 5.41) is 2.46. The standard InChI is InChI=1S/C21H26N4O5S/c1-22-20(26)18-14-17(8-9-19(18)30-3)31(28,29)23-16-6-4-15(5-7-16)21(27)25-12-10-24(2)11-13-25/h4-9,14,23H,10-13H2,1-3H3,(H,22,26). The molecule has 2 amide bonds. The third-order valence-electron chi connectivity index (χ3n) is 5.13. The van der Waals surface area contributed by atoms with Crippen LogP contribution in [0.5, 0.6) is 5.75 Å². The molecule has 166 valence electrons. The lowest BCUT2D eigenvalue weighted by Gasteiger charge is -2.32. The molecule has 2 aromatic rings. The number of piperazine rings is 1. The van der Waals surface area contributed by atoms with Crippen molar-refractivity contribution in [2.24, 2.45) is 0 Å². The highest BCUT2D eigenvalue weighted by molar-refractivity contribution is 7.92. The van der Waals surface area contributed by atoms with Crippen LogP contribution in [0.25, 0.3) is 0 Å². The van der Waals surface area contributed by atoms with E-state index in [1.807, 2.05) is 7.05 Å². The lowest BCUT2D eigenvalue weighted by atomic mass is 10.1. The van der Waals surface area contributed by atoms with Gasteiger partial charge in [-0.3, -0.25) is 14.3 Å². The van der Waals surface area contributed by atoms with E-state index < -0.39 is 15.9 Å². The molecule has 0 saturated carbocycles. The van der Waals surface area contributed by atoms with E-state index in [0.717, 1.165) is 13.1 Å². The van der Waals surface area contributed by atoms with Gasteiger partial charge in [-0.25, -0.2) is 8.42 Å². The fourth-order valence-electron chi connectivity index (χ4n) is 3.25. The summed E-state index contributed by atoms with van der Waals surface area (Å²) in [6.07, 6.45) is 0. The summed E-state index contributed by atoms with van der Waals surface area (Å²) in [6, 6.07) is 10.3. The number of nitrogens with one attached hydrogen (secondary N) is 2. The van der Waals surface area contributed by atoms with Crippen LogP contribution in [0.2, 0.25) is 0 Å². The molecule has 0 unspecified atom stereocenters. The molecule has 0 aromatic heterocycles. The average molecular weight is 447 g/mol. The molecule has 1 aliphatic heterocycles. The Morgan fingerprint density at radius 1 is 1.00 bits per heavy atom. The van der Waals surface area contributed by atoms with Gasteiger partial charge in [-0.15, -0.1) is 0 Å². The minimum Gasteiger partial charge on any atom is -0.496 e. The number of benzene rings is 2. The summed E-state index contributed by atoms with van der Waals surface area (Å²) in [6.45, 7) is 2.97. The van der Waals surface area contributed by atoms with Gasteiger partial charge in [0.05, 0.1) is 17.6 Å². The van der Waals surface area contributed by atoms with Crippen molar-refractivity contribution in [2.45, 2.75) is 4.90 Å². The molecular formula is C21H26N4O5S. The molecule has 9 nitrogen and oxygen atoms in total. The summed E-state index contributed by atoms with van der Waals surface area (Å²) in [4.78, 5) is 28.5. The Hall–Kier alpha value is -3.11. The number of likely N-dealkylation sites (N-methyl/N-ethyl adjacent to an activating group) is 1. The number of carbonyl (C=O) groups is 2. The molecule has 0 aliphatic carbocycles. The molecule has 1 aliphatic rings. The molecule has 2 N–H and O–H groups in total. The van der Waals surface area contributed by atoms with Gasteiger partial charge < -0.3 is 19.9 Å². The Kier molecular flexibility index (Phi) is 6.81. The number of sulfonamides is 1. The number of anilines is 1. The quantitative estimate of drug-likeness (QED) is 0.691. The predicted molar refractivity (Wildman–Crippen MR) is 117 cm³/mol. The van der Waals surface area contributed by atoms with E-state index in [1.165, 1.54) is 32.4 Å². The normalized spacial score (nSPS) is 14.7. The van der Waals surface area contributed by atoms with E-state index in [2.05, 4.69) is 14.9 Å². The zero-order chi connectivity index (χ0) is 22.6. The Balaban J connectivity index is 1.76. The van der Waals surface area contributed by atoms with E-state index in [0.29, 0.717) is 24.3 Å². The molecule has 31 heavy (non-hydrogen) atoms. The number of methoxy groups -OCH3 is 1. The van der Waals surface area contributed by atoms with Crippen LogP contribution in [-0.4, -0.2) is 77.4 Å². The maximum Gasteiger partial charge on any atom is 0.261 e. The van der Waals surface area contributed by atoms with Crippen molar-refractivity contribution in [3.05, 3.63) is 53.6 Å². The van der Waals surface area contributed by atoms with E-state index in [4.69, 9.17) is 4.74 Å². The Morgan fingerprint density at radius 3 is 2.23 bits per heavy atom. The van der Waals surface area contributed by atoms with Crippen LogP contribution in [0.3, 0.4) is 0 Å². The monoisotopic (exact) mass is 446 g/mol. The molecule has 0 radical (unpaired) electrons. The largest absolute Gasteiger partial charge is 0.496 e. The smallest absolute Gasteiger partial charge is 0.261 e. The van der Waals surface area contributed by atoms with Crippen LogP contribution in [0.15, 0.2) is 47.4 Å². The van der Waals surface area contributed by atoms with Crippen molar-refractivity contribution >= 4 is 27.5 Å². The van der Waals surface area contributed by atoms with Gasteiger partial charge in [0.2, 0.25) is 0 Å². The summed E-state index contributed by atoms with van der Waals surface area (Å²) < 4.78 is 33.2. The summed E-state index contributed by atoms with van der Waals surface area (Å²) in [5.41, 5.74) is 0.923. The molecule has 3 rings (SSSR count). The van der Waals surface area contributed by atoms with Gasteiger partial charge in [0.25, 0.3) is 21.8 Å². The van der Waals surface area contributed by atoms with Crippen LogP contribution in [0.1, 0.15) is 20.7 Å². The maximum absolute atomic E-state index is 12.8. The highest BCUT2D eigenvalue weighted by Crippen LogP contribution is 2.24. The van der Waals surface area contributed by atoms with Crippen molar-refractivity contribution in [1.82, 2.24) is 15.1 Å². The molecule has 10 heteroatoms. The van der Waals surface area contributed by atoms with Crippen molar-refractivity contribution in [3.63, 3.8) is 0 Å². The molecule has 0 atom stereocenters. The first-order valence-corrected chi connectivity index (χ1v) is 11.2. The number of hydrogen-bond donors (Lipinski definition) is 2. The molecule has 2 aromatic carbocycles. The highest BCUT2D eigenvalue weighted by Gasteiger charge is 2.22. The molecule has 0 bridgehead atoms. The van der Waals surface area contributed by atoms with Gasteiger partial charge in [-0.2, -0.15) is 0 Å². The first-order valence-electron chi connectivity index (χ1n) is 9.76. The van der Waals surface area contributed by atoms with Gasteiger partial charge in [-0.1, -0.05) is 0 Å². The van der Waals surface area contributed by atoms with Crippen molar-refractivity contribution in [1.29, 1.82) is 0 Å². The molecular weight excluding hydrogens is 420 g/mol. The molecule has 0 spiro atoms. The van der Waals surface area contributed by atoms with Crippen molar-refractivity contribution in [3.8, 4) is 5.75 Å². The van der Waals surface area contributed by atoms with E-state index in [1.54, 1.807) is 29.2 Å². The van der Waals surface area contributed by atoms with E-state index >= 15 is 0 Å². The first kappa shape index (κ1) is 22.6. The number of carbonyl (C=O) groups excluding carboxylic acids is 2. The van der Waals surface area contributed by atoms with Crippen LogP contribution in [-0.2, 0) is 10.0 Å². The minimum absolute atomic E-state index is 0.0760. The number of nitrogens with zero attached hydrogens (tertiary/aromatic N) is 2. The zero-order valence-electron chi connectivity index (χ0n) is 17.7. The predicted octanol–water partition coefficient (Wildman–Crippen LogP) is 1.24. The Morgan fingerprint density at radius 2 is 1.65 bits per heavy atom. The molecule has 1 heterocycles. The van der Waals surface area contributed by atoms with Gasteiger partial charge in [0.1, 0.15) is 5.75 Å². The zero-order valence-corrected chi connectivity index (χ0v) is 18.5. The van der Waals surface area contributed by atoms with Gasteiger partial charge >= 0.3 is 0 Å². The van der Waals surface area contributed by atoms with Crippen molar-refractivity contribution < 1.29 is 22.7 Å². The number of hydrogen-bond acceptors (Lipinski definition) is 6. The SMILES string of the molecule is CNC(=O)c1cc(S(=O)(=O)Nc2ccc(C(=O)N3CCN(C)CC3)cc2)ccc1OC. The summed E-state index contributed by atoms with van der Waals surface area (Å²) in [5.74, 6) is -0.265. The van der Waals surface area contributed by atoms with Crippen molar-refractivity contribution in [2.75, 3.05) is 52.1 Å². The lowest BCUT2D eigenvalue weighted by molar-refractivity contribution is 0.0664. The fraction of sp³-hybridized carbons (Fsp3) is 0.333. The summed E-state index contributed by atoms with van der Waals surface area (Å²) >= 11 is 0. The third-order valence-corrected chi connectivity index (χ3v) is 6.51. The Bertz CT molecular complexity index is 1060. The Labute approximate surface area is 182 Å². The van der Waals surface area contributed by atoms with Crippen LogP contribution < -0.4 is 14.8 Å². The first-order chi connectivity index (χ1) is 14.7. The van der Waals surface area contributed by atoms with Crippen LogP contribution in [0.4, 0.5) is 5.69 Å². The molecule has 1 fully saturated rings. The van der Waals surface area contributed by atoms with Gasteiger partial charge in [0, 0.05) is 44.5 Å². The second-order valence-corrected chi connectivity index (χ2v) is 8.90. The van der Waals surface area contributed by atoms with Crippen LogP contribution >= 0.6 is 0 Å². The number of ether oxygens (including phenoxy) is 1. The number of rotatable bonds is 6. The topological polar surface area (TPSA) is 108 Å². The second kappa shape index (κ2) is 9.36. The van der Waals surface area contributed by atoms with E-state index in [-0.39, 0.29) is 22.1 Å². The highest BCUT2D eigenvalue weighted by atomic mass is 32.2. The fourth-order valence-corrected chi connectivity index (χ4v) is 4.34. The van der Waals surface area contributed by atoms with Gasteiger partial charge in [0.15, 0.2) is 0 Å². The third kappa shape index (κ3) is 5.15. The van der Waals surface area contributed by atoms with Gasteiger partial charge in [-0.05, 0) is 49.5 Å². The van der Waals surface area contributed by atoms with Crippen LogP contribution in [0, 0.1) is 0 Å². The molecule has 1 saturated heterocycles. The number of amides is 2. The van der Waals surface area contributed by atoms with E-state index in [9.17, 15) is 18.0 Å². The average Bonchev–Trinajstić information content (AvgIpc) is 2.78. The maximum atomic E-state index is 12.8. The second-order valence-electron chi connectivity index (χ2n) is 7.22.